The van der Waals surface area contributed by atoms with Crippen molar-refractivity contribution >= 4 is 17.3 Å². The van der Waals surface area contributed by atoms with E-state index in [1.165, 1.54) is 25.1 Å². The average molecular weight is 275 g/mol. The van der Waals surface area contributed by atoms with Gasteiger partial charge in [0.15, 0.2) is 0 Å². The molecule has 100 valence electrons. The predicted octanol–water partition coefficient (Wildman–Crippen LogP) is 1.08. The summed E-state index contributed by atoms with van der Waals surface area (Å²) in [6.07, 6.45) is 0. The summed E-state index contributed by atoms with van der Waals surface area (Å²) >= 11 is 5.91. The average Bonchev–Trinajstić information content (AvgIpc) is 2.31. The summed E-state index contributed by atoms with van der Waals surface area (Å²) in [6.45, 7) is 1.54. The normalized spacial score (nSPS) is 14.2. The van der Waals surface area contributed by atoms with Crippen molar-refractivity contribution in [1.29, 1.82) is 0 Å². The van der Waals surface area contributed by atoms with Gasteiger partial charge in [-0.1, -0.05) is 11.6 Å². The maximum Gasteiger partial charge on any atom is 0.269 e. The summed E-state index contributed by atoms with van der Waals surface area (Å²) in [4.78, 5) is 10.1. The van der Waals surface area contributed by atoms with Crippen LogP contribution in [0.25, 0.3) is 0 Å². The highest BCUT2D eigenvalue weighted by atomic mass is 35.5. The molecule has 0 heterocycles. The Morgan fingerprint density at radius 1 is 1.56 bits per heavy atom. The van der Waals surface area contributed by atoms with Crippen LogP contribution >= 0.6 is 11.6 Å². The molecule has 6 nitrogen and oxygen atoms in total. The Bertz CT molecular complexity index is 437. The Balaban J connectivity index is 2.67. The lowest BCUT2D eigenvalue weighted by Crippen LogP contribution is -2.40. The molecule has 0 aliphatic rings. The van der Waals surface area contributed by atoms with Gasteiger partial charge in [-0.3, -0.25) is 10.1 Å². The van der Waals surface area contributed by atoms with Gasteiger partial charge in [0.1, 0.15) is 0 Å². The molecule has 0 aromatic heterocycles. The molecule has 0 fully saturated rings. The lowest BCUT2D eigenvalue weighted by atomic mass is 10.1. The smallest absolute Gasteiger partial charge is 0.269 e. The number of aliphatic hydroxyl groups excluding tert-OH is 1. The molecule has 1 aromatic carbocycles. The van der Waals surface area contributed by atoms with E-state index in [1.807, 2.05) is 0 Å². The molecule has 7 heteroatoms. The summed E-state index contributed by atoms with van der Waals surface area (Å²) in [7, 11) is 0. The van der Waals surface area contributed by atoms with Crippen LogP contribution in [0, 0.1) is 10.1 Å². The van der Waals surface area contributed by atoms with E-state index in [4.69, 9.17) is 16.7 Å². The predicted molar refractivity (Wildman–Crippen MR) is 67.5 cm³/mol. The highest BCUT2D eigenvalue weighted by molar-refractivity contribution is 6.31. The van der Waals surface area contributed by atoms with Crippen LogP contribution in [0.3, 0.4) is 0 Å². The number of nitro benzene ring substituents is 1. The first-order valence-corrected chi connectivity index (χ1v) is 5.70. The molecule has 18 heavy (non-hydrogen) atoms. The Morgan fingerprint density at radius 2 is 2.22 bits per heavy atom. The quantitative estimate of drug-likeness (QED) is 0.533. The van der Waals surface area contributed by atoms with E-state index in [0.717, 1.165) is 0 Å². The summed E-state index contributed by atoms with van der Waals surface area (Å²) in [5, 5.41) is 32.3. The van der Waals surface area contributed by atoms with Gasteiger partial charge in [0, 0.05) is 30.2 Å². The molecular formula is C11H15ClN2O4. The van der Waals surface area contributed by atoms with Crippen molar-refractivity contribution in [2.75, 3.05) is 13.2 Å². The van der Waals surface area contributed by atoms with E-state index in [1.54, 1.807) is 0 Å². The minimum atomic E-state index is -1.23. The number of hydrogen-bond acceptors (Lipinski definition) is 5. The van der Waals surface area contributed by atoms with E-state index in [0.29, 0.717) is 10.6 Å². The monoisotopic (exact) mass is 274 g/mol. The Labute approximate surface area is 109 Å². The number of hydrogen-bond donors (Lipinski definition) is 3. The van der Waals surface area contributed by atoms with Gasteiger partial charge in [-0.15, -0.1) is 0 Å². The zero-order valence-corrected chi connectivity index (χ0v) is 10.6. The second kappa shape index (κ2) is 6.10. The third-order valence-corrected chi connectivity index (χ3v) is 2.77. The Kier molecular flexibility index (Phi) is 5.03. The van der Waals surface area contributed by atoms with Crippen molar-refractivity contribution in [2.24, 2.45) is 0 Å². The van der Waals surface area contributed by atoms with Crippen LogP contribution in [0.4, 0.5) is 5.69 Å². The maximum absolute atomic E-state index is 10.6. The summed E-state index contributed by atoms with van der Waals surface area (Å²) in [5.74, 6) is 0. The van der Waals surface area contributed by atoms with E-state index < -0.39 is 10.5 Å². The highest BCUT2D eigenvalue weighted by Gasteiger charge is 2.18. The first kappa shape index (κ1) is 14.8. The van der Waals surface area contributed by atoms with Crippen LogP contribution in [0.2, 0.25) is 5.02 Å². The molecule has 0 spiro atoms. The fraction of sp³-hybridized carbons (Fsp3) is 0.455. The van der Waals surface area contributed by atoms with Crippen molar-refractivity contribution < 1.29 is 15.1 Å². The second-order valence-corrected chi connectivity index (χ2v) is 4.70. The minimum absolute atomic E-state index is 0.0369. The molecule has 0 aliphatic carbocycles. The number of rotatable bonds is 6. The lowest BCUT2D eigenvalue weighted by Gasteiger charge is -2.20. The molecule has 0 bridgehead atoms. The standard InChI is InChI=1S/C11H15ClN2O4/c1-11(16,7-15)6-13-5-8-4-9(14(17)18)2-3-10(8)12/h2-4,13,15-16H,5-7H2,1H3. The van der Waals surface area contributed by atoms with E-state index in [-0.39, 0.29) is 25.4 Å². The van der Waals surface area contributed by atoms with Crippen molar-refractivity contribution in [1.82, 2.24) is 5.32 Å². The van der Waals surface area contributed by atoms with Crippen molar-refractivity contribution in [3.8, 4) is 0 Å². The lowest BCUT2D eigenvalue weighted by molar-refractivity contribution is -0.384. The molecule has 0 radical (unpaired) electrons. The van der Waals surface area contributed by atoms with Gasteiger partial charge in [-0.2, -0.15) is 0 Å². The summed E-state index contributed by atoms with van der Waals surface area (Å²) in [6, 6.07) is 4.17. The topological polar surface area (TPSA) is 95.6 Å². The molecule has 3 N–H and O–H groups in total. The van der Waals surface area contributed by atoms with Gasteiger partial charge in [-0.05, 0) is 18.6 Å². The molecule has 0 saturated heterocycles. The molecule has 1 aromatic rings. The number of nitrogens with zero attached hydrogens (tertiary/aromatic N) is 1. The number of halogens is 1. The number of non-ortho nitro benzene ring substituents is 1. The fourth-order valence-electron chi connectivity index (χ4n) is 1.33. The number of nitro groups is 1. The zero-order chi connectivity index (χ0) is 13.8. The van der Waals surface area contributed by atoms with Gasteiger partial charge in [0.2, 0.25) is 0 Å². The van der Waals surface area contributed by atoms with E-state index in [9.17, 15) is 15.2 Å². The molecular weight excluding hydrogens is 260 g/mol. The number of nitrogens with one attached hydrogen (secondary N) is 1. The Hall–Kier alpha value is -1.21. The van der Waals surface area contributed by atoms with Crippen LogP contribution in [0.1, 0.15) is 12.5 Å². The van der Waals surface area contributed by atoms with Crippen LogP contribution in [-0.4, -0.2) is 33.9 Å². The molecule has 1 rings (SSSR count). The molecule has 1 unspecified atom stereocenters. The first-order valence-electron chi connectivity index (χ1n) is 5.32. The maximum atomic E-state index is 10.6. The first-order chi connectivity index (χ1) is 8.35. The molecule has 0 saturated carbocycles. The second-order valence-electron chi connectivity index (χ2n) is 4.29. The van der Waals surface area contributed by atoms with E-state index >= 15 is 0 Å². The zero-order valence-electron chi connectivity index (χ0n) is 9.89. The van der Waals surface area contributed by atoms with Crippen molar-refractivity contribution in [3.05, 3.63) is 38.9 Å². The van der Waals surface area contributed by atoms with Crippen LogP contribution in [-0.2, 0) is 6.54 Å². The molecule has 1 atom stereocenters. The highest BCUT2D eigenvalue weighted by Crippen LogP contribution is 2.21. The van der Waals surface area contributed by atoms with Gasteiger partial charge >= 0.3 is 0 Å². The fourth-order valence-corrected chi connectivity index (χ4v) is 1.52. The van der Waals surface area contributed by atoms with Gasteiger partial charge in [0.05, 0.1) is 17.1 Å². The van der Waals surface area contributed by atoms with Gasteiger partial charge in [0.25, 0.3) is 5.69 Å². The van der Waals surface area contributed by atoms with Gasteiger partial charge < -0.3 is 15.5 Å². The van der Waals surface area contributed by atoms with Crippen molar-refractivity contribution in [3.63, 3.8) is 0 Å². The van der Waals surface area contributed by atoms with Crippen LogP contribution < -0.4 is 5.32 Å². The third-order valence-electron chi connectivity index (χ3n) is 2.40. The number of aliphatic hydroxyl groups is 2. The van der Waals surface area contributed by atoms with E-state index in [2.05, 4.69) is 5.32 Å². The van der Waals surface area contributed by atoms with Crippen LogP contribution in [0.15, 0.2) is 18.2 Å². The van der Waals surface area contributed by atoms with Crippen LogP contribution in [0.5, 0.6) is 0 Å². The molecule has 0 amide bonds. The Morgan fingerprint density at radius 3 is 2.78 bits per heavy atom. The number of benzene rings is 1. The minimum Gasteiger partial charge on any atom is -0.393 e. The summed E-state index contributed by atoms with van der Waals surface area (Å²) in [5.41, 5.74) is -0.697. The van der Waals surface area contributed by atoms with Crippen molar-refractivity contribution in [2.45, 2.75) is 19.1 Å². The van der Waals surface area contributed by atoms with Gasteiger partial charge in [-0.25, -0.2) is 0 Å². The molecule has 0 aliphatic heterocycles. The third kappa shape index (κ3) is 4.23. The summed E-state index contributed by atoms with van der Waals surface area (Å²) < 4.78 is 0. The largest absolute Gasteiger partial charge is 0.393 e. The SMILES string of the molecule is CC(O)(CO)CNCc1cc([N+](=O)[O-])ccc1Cl.